The van der Waals surface area contributed by atoms with Crippen molar-refractivity contribution >= 4 is 11.6 Å². The highest BCUT2D eigenvalue weighted by atomic mass is 35.5. The molecular weight excluding hydrogens is 230 g/mol. The molecule has 0 aromatic heterocycles. The van der Waals surface area contributed by atoms with E-state index >= 15 is 0 Å². The van der Waals surface area contributed by atoms with Crippen LogP contribution < -0.4 is 5.32 Å². The molecule has 0 saturated heterocycles. The van der Waals surface area contributed by atoms with Gasteiger partial charge in [-0.2, -0.15) is 0 Å². The molecule has 1 nitrogen and oxygen atoms in total. The SMILES string of the molecule is CC1CCC(NCCc2ccc(Cl)cc2)CC1. The Hall–Kier alpha value is -0.530. The van der Waals surface area contributed by atoms with Crippen LogP contribution in [-0.4, -0.2) is 12.6 Å². The third kappa shape index (κ3) is 4.33. The molecule has 0 aliphatic heterocycles. The van der Waals surface area contributed by atoms with E-state index < -0.39 is 0 Å². The average Bonchev–Trinajstić information content (AvgIpc) is 2.34. The van der Waals surface area contributed by atoms with Crippen LogP contribution in [0.3, 0.4) is 0 Å². The van der Waals surface area contributed by atoms with E-state index in [9.17, 15) is 0 Å². The van der Waals surface area contributed by atoms with Gasteiger partial charge in [0.15, 0.2) is 0 Å². The second-order valence-electron chi connectivity index (χ2n) is 5.29. The first kappa shape index (κ1) is 12.9. The molecule has 0 atom stereocenters. The summed E-state index contributed by atoms with van der Waals surface area (Å²) in [6.45, 7) is 3.45. The molecule has 0 unspecified atom stereocenters. The Bertz CT molecular complexity index is 325. The highest BCUT2D eigenvalue weighted by Gasteiger charge is 2.16. The Kier molecular flexibility index (Phi) is 4.87. The molecule has 94 valence electrons. The number of nitrogens with one attached hydrogen (secondary N) is 1. The van der Waals surface area contributed by atoms with Gasteiger partial charge in [-0.05, 0) is 62.3 Å². The summed E-state index contributed by atoms with van der Waals surface area (Å²) in [6, 6.07) is 8.93. The van der Waals surface area contributed by atoms with Crippen molar-refractivity contribution in [2.75, 3.05) is 6.54 Å². The maximum Gasteiger partial charge on any atom is 0.0406 e. The summed E-state index contributed by atoms with van der Waals surface area (Å²) in [5.41, 5.74) is 1.37. The van der Waals surface area contributed by atoms with Crippen LogP contribution in [-0.2, 0) is 6.42 Å². The molecule has 0 bridgehead atoms. The zero-order chi connectivity index (χ0) is 12.1. The predicted molar refractivity (Wildman–Crippen MR) is 74.6 cm³/mol. The molecule has 1 saturated carbocycles. The van der Waals surface area contributed by atoms with E-state index in [1.807, 2.05) is 12.1 Å². The van der Waals surface area contributed by atoms with Crippen molar-refractivity contribution < 1.29 is 0 Å². The van der Waals surface area contributed by atoms with Crippen LogP contribution in [0.1, 0.15) is 38.2 Å². The van der Waals surface area contributed by atoms with Gasteiger partial charge in [0, 0.05) is 11.1 Å². The highest BCUT2D eigenvalue weighted by Crippen LogP contribution is 2.23. The molecule has 1 fully saturated rings. The molecule has 0 amide bonds. The first-order chi connectivity index (χ1) is 8.24. The van der Waals surface area contributed by atoms with Crippen molar-refractivity contribution in [1.82, 2.24) is 5.32 Å². The second-order valence-corrected chi connectivity index (χ2v) is 5.72. The monoisotopic (exact) mass is 251 g/mol. The van der Waals surface area contributed by atoms with Gasteiger partial charge in [-0.15, -0.1) is 0 Å². The summed E-state index contributed by atoms with van der Waals surface area (Å²) >= 11 is 5.87. The van der Waals surface area contributed by atoms with Gasteiger partial charge in [0.25, 0.3) is 0 Å². The summed E-state index contributed by atoms with van der Waals surface area (Å²) in [6.07, 6.45) is 6.57. The van der Waals surface area contributed by atoms with Gasteiger partial charge in [0.2, 0.25) is 0 Å². The Morgan fingerprint density at radius 2 is 1.76 bits per heavy atom. The topological polar surface area (TPSA) is 12.0 Å². The molecule has 17 heavy (non-hydrogen) atoms. The van der Waals surface area contributed by atoms with Gasteiger partial charge in [-0.3, -0.25) is 0 Å². The Labute approximate surface area is 110 Å². The van der Waals surface area contributed by atoms with Gasteiger partial charge >= 0.3 is 0 Å². The maximum absolute atomic E-state index is 5.87. The largest absolute Gasteiger partial charge is 0.314 e. The van der Waals surface area contributed by atoms with Gasteiger partial charge in [-0.25, -0.2) is 0 Å². The first-order valence-electron chi connectivity index (χ1n) is 6.72. The summed E-state index contributed by atoms with van der Waals surface area (Å²) in [4.78, 5) is 0. The van der Waals surface area contributed by atoms with Crippen molar-refractivity contribution in [2.24, 2.45) is 5.92 Å². The Balaban J connectivity index is 1.67. The zero-order valence-corrected chi connectivity index (χ0v) is 11.3. The molecule has 0 radical (unpaired) electrons. The van der Waals surface area contributed by atoms with E-state index in [0.717, 1.165) is 29.9 Å². The third-order valence-corrected chi connectivity index (χ3v) is 4.03. The van der Waals surface area contributed by atoms with E-state index in [4.69, 9.17) is 11.6 Å². The van der Waals surface area contributed by atoms with E-state index in [2.05, 4.69) is 24.4 Å². The first-order valence-corrected chi connectivity index (χ1v) is 7.09. The normalized spacial score (nSPS) is 24.8. The minimum atomic E-state index is 0.749. The van der Waals surface area contributed by atoms with Crippen LogP contribution >= 0.6 is 11.6 Å². The Morgan fingerprint density at radius 3 is 2.41 bits per heavy atom. The van der Waals surface area contributed by atoms with Crippen LogP contribution in [0.5, 0.6) is 0 Å². The van der Waals surface area contributed by atoms with E-state index in [0.29, 0.717) is 0 Å². The summed E-state index contributed by atoms with van der Waals surface area (Å²) in [5, 5.41) is 4.49. The van der Waals surface area contributed by atoms with Gasteiger partial charge in [-0.1, -0.05) is 30.7 Å². The van der Waals surface area contributed by atoms with Gasteiger partial charge in [0.05, 0.1) is 0 Å². The zero-order valence-electron chi connectivity index (χ0n) is 10.6. The van der Waals surface area contributed by atoms with Crippen molar-refractivity contribution in [3.05, 3.63) is 34.9 Å². The molecule has 2 heteroatoms. The van der Waals surface area contributed by atoms with E-state index in [-0.39, 0.29) is 0 Å². The lowest BCUT2D eigenvalue weighted by molar-refractivity contribution is 0.309. The number of rotatable bonds is 4. The summed E-state index contributed by atoms with van der Waals surface area (Å²) < 4.78 is 0. The number of benzene rings is 1. The number of hydrogen-bond acceptors (Lipinski definition) is 1. The third-order valence-electron chi connectivity index (χ3n) is 3.78. The molecule has 1 aliphatic rings. The minimum absolute atomic E-state index is 0.749. The van der Waals surface area contributed by atoms with Crippen LogP contribution in [0.4, 0.5) is 0 Å². The molecule has 1 aliphatic carbocycles. The van der Waals surface area contributed by atoms with Crippen LogP contribution in [0.15, 0.2) is 24.3 Å². The highest BCUT2D eigenvalue weighted by molar-refractivity contribution is 6.30. The van der Waals surface area contributed by atoms with Crippen molar-refractivity contribution in [3.8, 4) is 0 Å². The predicted octanol–water partition coefficient (Wildman–Crippen LogP) is 4.05. The molecule has 0 spiro atoms. The lowest BCUT2D eigenvalue weighted by atomic mass is 9.87. The van der Waals surface area contributed by atoms with E-state index in [1.54, 1.807) is 0 Å². The molecule has 1 aromatic rings. The summed E-state index contributed by atoms with van der Waals surface area (Å²) in [5.74, 6) is 0.935. The molecular formula is C15H22ClN. The lowest BCUT2D eigenvalue weighted by Crippen LogP contribution is -2.34. The number of halogens is 1. The lowest BCUT2D eigenvalue weighted by Gasteiger charge is -2.27. The average molecular weight is 252 g/mol. The smallest absolute Gasteiger partial charge is 0.0406 e. The van der Waals surface area contributed by atoms with E-state index in [1.165, 1.54) is 31.2 Å². The quantitative estimate of drug-likeness (QED) is 0.851. The van der Waals surface area contributed by atoms with Crippen LogP contribution in [0.25, 0.3) is 0 Å². The molecule has 0 heterocycles. The van der Waals surface area contributed by atoms with Crippen molar-refractivity contribution in [1.29, 1.82) is 0 Å². The minimum Gasteiger partial charge on any atom is -0.314 e. The van der Waals surface area contributed by atoms with Gasteiger partial charge < -0.3 is 5.32 Å². The molecule has 1 aromatic carbocycles. The number of hydrogen-bond donors (Lipinski definition) is 1. The molecule has 1 N–H and O–H groups in total. The summed E-state index contributed by atoms with van der Waals surface area (Å²) in [7, 11) is 0. The van der Waals surface area contributed by atoms with Gasteiger partial charge in [0.1, 0.15) is 0 Å². The molecule has 2 rings (SSSR count). The fraction of sp³-hybridized carbons (Fsp3) is 0.600. The standard InChI is InChI=1S/C15H22ClN/c1-12-2-8-15(9-3-12)17-11-10-13-4-6-14(16)7-5-13/h4-7,12,15,17H,2-3,8-11H2,1H3. The van der Waals surface area contributed by atoms with Crippen LogP contribution in [0, 0.1) is 5.92 Å². The fourth-order valence-corrected chi connectivity index (χ4v) is 2.66. The second kappa shape index (κ2) is 6.42. The van der Waals surface area contributed by atoms with Crippen LogP contribution in [0.2, 0.25) is 5.02 Å². The van der Waals surface area contributed by atoms with Crippen molar-refractivity contribution in [3.63, 3.8) is 0 Å². The Morgan fingerprint density at radius 1 is 1.12 bits per heavy atom. The fourth-order valence-electron chi connectivity index (χ4n) is 2.54. The van der Waals surface area contributed by atoms with Crippen molar-refractivity contribution in [2.45, 2.75) is 45.1 Å². The maximum atomic E-state index is 5.87.